The van der Waals surface area contributed by atoms with E-state index in [4.69, 9.17) is 0 Å². The second-order valence-corrected chi connectivity index (χ2v) is 8.08. The Morgan fingerprint density at radius 2 is 2.04 bits per heavy atom. The minimum Gasteiger partial charge on any atom is -0.336 e. The van der Waals surface area contributed by atoms with Crippen LogP contribution in [-0.4, -0.2) is 77.4 Å². The molecule has 0 bridgehead atoms. The van der Waals surface area contributed by atoms with Crippen molar-refractivity contribution in [3.8, 4) is 0 Å². The van der Waals surface area contributed by atoms with Gasteiger partial charge in [-0.1, -0.05) is 0 Å². The standard InChI is InChI=1S/C19H31N5O/c1-16-11-21-17(12-20-16)13-24-15-19(7-5-18(24)25)6-4-8-23(14-19)10-9-22(2)3/h11-12H,4-10,13-15H2,1-3H3/t19-/m0/s1. The number of amides is 1. The summed E-state index contributed by atoms with van der Waals surface area (Å²) in [6.45, 7) is 7.90. The number of aromatic nitrogens is 2. The first-order valence-corrected chi connectivity index (χ1v) is 9.38. The van der Waals surface area contributed by atoms with Gasteiger partial charge >= 0.3 is 0 Å². The van der Waals surface area contributed by atoms with Gasteiger partial charge < -0.3 is 14.7 Å². The SMILES string of the molecule is Cc1cnc(CN2C[C@@]3(CCCN(CCN(C)C)C3)CCC2=O)cn1. The lowest BCUT2D eigenvalue weighted by Gasteiger charge is -2.48. The quantitative estimate of drug-likeness (QED) is 0.810. The normalized spacial score (nSPS) is 25.1. The molecule has 0 aromatic carbocycles. The Kier molecular flexibility index (Phi) is 5.69. The number of nitrogens with zero attached hydrogens (tertiary/aromatic N) is 5. The Hall–Kier alpha value is -1.53. The van der Waals surface area contributed by atoms with Crippen molar-refractivity contribution in [2.75, 3.05) is 46.8 Å². The van der Waals surface area contributed by atoms with E-state index in [9.17, 15) is 4.79 Å². The van der Waals surface area contributed by atoms with Crippen molar-refractivity contribution in [1.29, 1.82) is 0 Å². The molecular weight excluding hydrogens is 314 g/mol. The number of likely N-dealkylation sites (tertiary alicyclic amines) is 2. The molecule has 3 heterocycles. The van der Waals surface area contributed by atoms with E-state index < -0.39 is 0 Å². The highest BCUT2D eigenvalue weighted by atomic mass is 16.2. The van der Waals surface area contributed by atoms with Crippen molar-refractivity contribution in [3.05, 3.63) is 23.8 Å². The fourth-order valence-corrected chi connectivity index (χ4v) is 4.12. The first-order chi connectivity index (χ1) is 12.0. The molecule has 1 spiro atoms. The van der Waals surface area contributed by atoms with E-state index in [1.165, 1.54) is 19.4 Å². The van der Waals surface area contributed by atoms with Gasteiger partial charge in [0.05, 0.1) is 24.1 Å². The molecule has 1 amide bonds. The van der Waals surface area contributed by atoms with Gasteiger partial charge in [-0.3, -0.25) is 14.8 Å². The molecule has 1 aromatic heterocycles. The Morgan fingerprint density at radius 3 is 2.76 bits per heavy atom. The molecule has 2 aliphatic rings. The van der Waals surface area contributed by atoms with Gasteiger partial charge in [-0.25, -0.2) is 0 Å². The Bertz CT molecular complexity index is 588. The summed E-state index contributed by atoms with van der Waals surface area (Å²) in [6.07, 6.45) is 7.74. The van der Waals surface area contributed by atoms with Crippen LogP contribution < -0.4 is 0 Å². The summed E-state index contributed by atoms with van der Waals surface area (Å²) >= 11 is 0. The third kappa shape index (κ3) is 4.76. The van der Waals surface area contributed by atoms with Gasteiger partial charge in [-0.05, 0) is 46.8 Å². The van der Waals surface area contributed by atoms with E-state index in [0.717, 1.165) is 44.0 Å². The summed E-state index contributed by atoms with van der Waals surface area (Å²) in [5.41, 5.74) is 2.06. The first kappa shape index (κ1) is 18.3. The van der Waals surface area contributed by atoms with E-state index in [-0.39, 0.29) is 11.3 Å². The zero-order valence-corrected chi connectivity index (χ0v) is 15.9. The van der Waals surface area contributed by atoms with Crippen molar-refractivity contribution in [3.63, 3.8) is 0 Å². The molecule has 6 heteroatoms. The lowest BCUT2D eigenvalue weighted by atomic mass is 9.73. The monoisotopic (exact) mass is 345 g/mol. The lowest BCUT2D eigenvalue weighted by Crippen LogP contribution is -2.54. The lowest BCUT2D eigenvalue weighted by molar-refractivity contribution is -0.140. The van der Waals surface area contributed by atoms with E-state index in [2.05, 4.69) is 33.9 Å². The molecule has 138 valence electrons. The molecule has 0 aliphatic carbocycles. The molecule has 2 fully saturated rings. The van der Waals surface area contributed by atoms with Gasteiger partial charge in [0.1, 0.15) is 0 Å². The summed E-state index contributed by atoms with van der Waals surface area (Å²) < 4.78 is 0. The highest BCUT2D eigenvalue weighted by Gasteiger charge is 2.41. The molecule has 3 rings (SSSR count). The van der Waals surface area contributed by atoms with Crippen LogP contribution in [-0.2, 0) is 11.3 Å². The Balaban J connectivity index is 1.64. The molecule has 6 nitrogen and oxygen atoms in total. The molecule has 1 atom stereocenters. The van der Waals surface area contributed by atoms with Crippen LogP contribution in [0.4, 0.5) is 0 Å². The van der Waals surface area contributed by atoms with Gasteiger partial charge in [0.15, 0.2) is 0 Å². The van der Waals surface area contributed by atoms with Gasteiger partial charge in [0.2, 0.25) is 5.91 Å². The number of hydrogen-bond donors (Lipinski definition) is 0. The van der Waals surface area contributed by atoms with E-state index in [0.29, 0.717) is 13.0 Å². The van der Waals surface area contributed by atoms with Gasteiger partial charge in [0, 0.05) is 44.2 Å². The zero-order chi connectivity index (χ0) is 17.9. The molecule has 25 heavy (non-hydrogen) atoms. The van der Waals surface area contributed by atoms with Crippen LogP contribution in [0.1, 0.15) is 37.1 Å². The van der Waals surface area contributed by atoms with Crippen molar-refractivity contribution >= 4 is 5.91 Å². The summed E-state index contributed by atoms with van der Waals surface area (Å²) in [5, 5.41) is 0. The van der Waals surface area contributed by atoms with E-state index in [1.54, 1.807) is 12.4 Å². The Labute approximate surface area is 151 Å². The predicted molar refractivity (Wildman–Crippen MR) is 98.1 cm³/mol. The molecule has 0 radical (unpaired) electrons. The zero-order valence-electron chi connectivity index (χ0n) is 15.9. The molecule has 2 aliphatic heterocycles. The maximum atomic E-state index is 12.4. The molecule has 0 N–H and O–H groups in total. The maximum Gasteiger partial charge on any atom is 0.222 e. The fourth-order valence-electron chi connectivity index (χ4n) is 4.12. The smallest absolute Gasteiger partial charge is 0.222 e. The topological polar surface area (TPSA) is 52.6 Å². The number of piperidine rings is 2. The number of carbonyl (C=O) groups excluding carboxylic acids is 1. The highest BCUT2D eigenvalue weighted by molar-refractivity contribution is 5.77. The number of rotatable bonds is 5. The third-order valence-corrected chi connectivity index (χ3v) is 5.54. The average molecular weight is 345 g/mol. The molecule has 2 saturated heterocycles. The second kappa shape index (κ2) is 7.79. The van der Waals surface area contributed by atoms with Gasteiger partial charge in [0.25, 0.3) is 0 Å². The van der Waals surface area contributed by atoms with Crippen molar-refractivity contribution < 1.29 is 4.79 Å². The van der Waals surface area contributed by atoms with Crippen molar-refractivity contribution in [1.82, 2.24) is 24.7 Å². The summed E-state index contributed by atoms with van der Waals surface area (Å²) in [6, 6.07) is 0. The number of aryl methyl sites for hydroxylation is 1. The highest BCUT2D eigenvalue weighted by Crippen LogP contribution is 2.39. The minimum atomic E-state index is 0.261. The van der Waals surface area contributed by atoms with Crippen LogP contribution in [0, 0.1) is 12.3 Å². The maximum absolute atomic E-state index is 12.4. The summed E-state index contributed by atoms with van der Waals surface area (Å²) in [4.78, 5) is 28.0. The van der Waals surface area contributed by atoms with Gasteiger partial charge in [-0.15, -0.1) is 0 Å². The second-order valence-electron chi connectivity index (χ2n) is 8.08. The predicted octanol–water partition coefficient (Wildman–Crippen LogP) is 1.55. The molecule has 0 unspecified atom stereocenters. The molecular formula is C19H31N5O. The van der Waals surface area contributed by atoms with Crippen LogP contribution >= 0.6 is 0 Å². The number of hydrogen-bond acceptors (Lipinski definition) is 5. The van der Waals surface area contributed by atoms with E-state index in [1.807, 2.05) is 11.8 Å². The average Bonchev–Trinajstić information content (AvgIpc) is 2.59. The van der Waals surface area contributed by atoms with Crippen molar-refractivity contribution in [2.45, 2.75) is 39.2 Å². The molecule has 1 aromatic rings. The van der Waals surface area contributed by atoms with Crippen LogP contribution in [0.5, 0.6) is 0 Å². The summed E-state index contributed by atoms with van der Waals surface area (Å²) in [7, 11) is 4.26. The summed E-state index contributed by atoms with van der Waals surface area (Å²) in [5.74, 6) is 0.262. The van der Waals surface area contributed by atoms with Crippen LogP contribution in [0.2, 0.25) is 0 Å². The van der Waals surface area contributed by atoms with Crippen LogP contribution in [0.25, 0.3) is 0 Å². The minimum absolute atomic E-state index is 0.261. The van der Waals surface area contributed by atoms with Crippen molar-refractivity contribution in [2.24, 2.45) is 5.41 Å². The number of carbonyl (C=O) groups is 1. The van der Waals surface area contributed by atoms with E-state index >= 15 is 0 Å². The van der Waals surface area contributed by atoms with Crippen LogP contribution in [0.3, 0.4) is 0 Å². The Morgan fingerprint density at radius 1 is 1.20 bits per heavy atom. The van der Waals surface area contributed by atoms with Crippen LogP contribution in [0.15, 0.2) is 12.4 Å². The third-order valence-electron chi connectivity index (χ3n) is 5.54. The van der Waals surface area contributed by atoms with Gasteiger partial charge in [-0.2, -0.15) is 0 Å². The largest absolute Gasteiger partial charge is 0.336 e. The number of likely N-dealkylation sites (N-methyl/N-ethyl adjacent to an activating group) is 1. The molecule has 0 saturated carbocycles. The first-order valence-electron chi connectivity index (χ1n) is 9.38. The fraction of sp³-hybridized carbons (Fsp3) is 0.737.